The van der Waals surface area contributed by atoms with E-state index in [1.165, 1.54) is 0 Å². The molecule has 2 N–H and O–H groups in total. The van der Waals surface area contributed by atoms with Gasteiger partial charge >= 0.3 is 6.03 Å². The van der Waals surface area contributed by atoms with Crippen molar-refractivity contribution in [1.82, 2.24) is 25.8 Å². The first-order chi connectivity index (χ1) is 12.7. The molecule has 0 atom stereocenters. The van der Waals surface area contributed by atoms with Crippen molar-refractivity contribution in [3.8, 4) is 11.5 Å². The molecule has 0 saturated carbocycles. The minimum atomic E-state index is -0.184. The van der Waals surface area contributed by atoms with Crippen molar-refractivity contribution >= 4 is 6.03 Å². The molecule has 0 saturated heterocycles. The van der Waals surface area contributed by atoms with Gasteiger partial charge in [-0.05, 0) is 41.8 Å². The molecule has 0 radical (unpaired) electrons. The monoisotopic (exact) mass is 351 g/mol. The molecule has 0 unspecified atom stereocenters. The molecule has 0 spiro atoms. The van der Waals surface area contributed by atoms with Crippen LogP contribution in [0.5, 0.6) is 0 Å². The summed E-state index contributed by atoms with van der Waals surface area (Å²) in [6.07, 6.45) is 4.90. The van der Waals surface area contributed by atoms with Gasteiger partial charge in [-0.1, -0.05) is 24.2 Å². The number of hydrogen-bond donors (Lipinski definition) is 2. The van der Waals surface area contributed by atoms with E-state index in [2.05, 4.69) is 25.8 Å². The van der Waals surface area contributed by atoms with Crippen LogP contribution in [0.15, 0.2) is 53.3 Å². The number of aryl methyl sites for hydroxylation is 1. The first-order valence-corrected chi connectivity index (χ1v) is 8.57. The number of nitrogens with zero attached hydrogens (tertiary/aromatic N) is 3. The van der Waals surface area contributed by atoms with E-state index in [0.29, 0.717) is 24.8 Å². The summed E-state index contributed by atoms with van der Waals surface area (Å²) in [7, 11) is 0. The van der Waals surface area contributed by atoms with Gasteiger partial charge in [-0.3, -0.25) is 4.98 Å². The van der Waals surface area contributed by atoms with Crippen molar-refractivity contribution in [2.75, 3.05) is 6.54 Å². The largest absolute Gasteiger partial charge is 0.338 e. The van der Waals surface area contributed by atoms with E-state index in [0.717, 1.165) is 29.5 Å². The third-order valence-electron chi connectivity index (χ3n) is 3.89. The molecule has 0 aliphatic heterocycles. The van der Waals surface area contributed by atoms with Gasteiger partial charge in [0.25, 0.3) is 5.89 Å². The number of rotatable bonds is 7. The number of carbonyl (C=O) groups is 1. The molecule has 2 amide bonds. The van der Waals surface area contributed by atoms with E-state index in [9.17, 15) is 4.79 Å². The smallest absolute Gasteiger partial charge is 0.315 e. The lowest BCUT2D eigenvalue weighted by Gasteiger charge is -2.08. The molecule has 7 nitrogen and oxygen atoms in total. The third-order valence-corrected chi connectivity index (χ3v) is 3.89. The van der Waals surface area contributed by atoms with Crippen molar-refractivity contribution in [3.05, 3.63) is 65.7 Å². The van der Waals surface area contributed by atoms with E-state index in [1.807, 2.05) is 43.3 Å². The molecule has 0 bridgehead atoms. The number of amides is 2. The van der Waals surface area contributed by atoms with Gasteiger partial charge in [0.2, 0.25) is 0 Å². The van der Waals surface area contributed by atoms with Crippen molar-refractivity contribution in [1.29, 1.82) is 0 Å². The van der Waals surface area contributed by atoms with Gasteiger partial charge in [-0.25, -0.2) is 4.79 Å². The van der Waals surface area contributed by atoms with Crippen LogP contribution in [-0.2, 0) is 19.4 Å². The van der Waals surface area contributed by atoms with Gasteiger partial charge in [0.15, 0.2) is 5.82 Å². The third kappa shape index (κ3) is 4.89. The highest BCUT2D eigenvalue weighted by atomic mass is 16.5. The number of nitrogens with one attached hydrogen (secondary N) is 2. The van der Waals surface area contributed by atoms with E-state index in [-0.39, 0.29) is 6.03 Å². The molecular formula is C19H21N5O2. The van der Waals surface area contributed by atoms with Crippen molar-refractivity contribution in [3.63, 3.8) is 0 Å². The molecule has 1 aromatic carbocycles. The Labute approximate surface area is 151 Å². The first-order valence-electron chi connectivity index (χ1n) is 8.57. The lowest BCUT2D eigenvalue weighted by atomic mass is 10.1. The highest BCUT2D eigenvalue weighted by Crippen LogP contribution is 2.18. The second kappa shape index (κ2) is 8.75. The Morgan fingerprint density at radius 3 is 2.50 bits per heavy atom. The Morgan fingerprint density at radius 1 is 1.04 bits per heavy atom. The van der Waals surface area contributed by atoms with Gasteiger partial charge in [-0.2, -0.15) is 4.98 Å². The second-order valence-electron chi connectivity index (χ2n) is 5.78. The zero-order chi connectivity index (χ0) is 18.2. The Kier molecular flexibility index (Phi) is 5.92. The standard InChI is InChI=1S/C19H21N5O2/c1-2-17-23-18(26-24-17)16-5-3-14(4-6-16)9-12-21-19(25)22-13-15-7-10-20-11-8-15/h3-8,10-11H,2,9,12-13H2,1H3,(H2,21,22,25). The van der Waals surface area contributed by atoms with Crippen LogP contribution in [0.3, 0.4) is 0 Å². The molecule has 7 heteroatoms. The normalized spacial score (nSPS) is 10.5. The molecule has 0 aliphatic rings. The lowest BCUT2D eigenvalue weighted by molar-refractivity contribution is 0.240. The van der Waals surface area contributed by atoms with E-state index in [4.69, 9.17) is 4.52 Å². The minimum Gasteiger partial charge on any atom is -0.338 e. The van der Waals surface area contributed by atoms with Gasteiger partial charge in [0, 0.05) is 37.5 Å². The van der Waals surface area contributed by atoms with E-state index < -0.39 is 0 Å². The Hall–Kier alpha value is -3.22. The maximum atomic E-state index is 11.8. The van der Waals surface area contributed by atoms with Crippen molar-refractivity contribution < 1.29 is 9.32 Å². The number of aromatic nitrogens is 3. The molecule has 26 heavy (non-hydrogen) atoms. The molecular weight excluding hydrogens is 330 g/mol. The average molecular weight is 351 g/mol. The van der Waals surface area contributed by atoms with Crippen molar-refractivity contribution in [2.45, 2.75) is 26.3 Å². The maximum absolute atomic E-state index is 11.8. The summed E-state index contributed by atoms with van der Waals surface area (Å²) in [5, 5.41) is 9.57. The summed E-state index contributed by atoms with van der Waals surface area (Å²) < 4.78 is 5.23. The van der Waals surface area contributed by atoms with Crippen LogP contribution in [0.2, 0.25) is 0 Å². The molecule has 134 valence electrons. The summed E-state index contributed by atoms with van der Waals surface area (Å²) in [5.74, 6) is 1.23. The fraction of sp³-hybridized carbons (Fsp3) is 0.263. The van der Waals surface area contributed by atoms with Crippen LogP contribution in [0.1, 0.15) is 23.9 Å². The maximum Gasteiger partial charge on any atom is 0.315 e. The van der Waals surface area contributed by atoms with Gasteiger partial charge in [0.1, 0.15) is 0 Å². The molecule has 2 aromatic heterocycles. The number of benzene rings is 1. The van der Waals surface area contributed by atoms with Crippen LogP contribution in [0.25, 0.3) is 11.5 Å². The fourth-order valence-corrected chi connectivity index (χ4v) is 2.39. The summed E-state index contributed by atoms with van der Waals surface area (Å²) in [5.41, 5.74) is 3.03. The van der Waals surface area contributed by atoms with E-state index >= 15 is 0 Å². The lowest BCUT2D eigenvalue weighted by Crippen LogP contribution is -2.36. The topological polar surface area (TPSA) is 92.9 Å². The van der Waals surface area contributed by atoms with Crippen molar-refractivity contribution in [2.24, 2.45) is 0 Å². The number of pyridine rings is 1. The predicted molar refractivity (Wildman–Crippen MR) is 97.3 cm³/mol. The average Bonchev–Trinajstić information content (AvgIpc) is 3.17. The van der Waals surface area contributed by atoms with Crippen LogP contribution >= 0.6 is 0 Å². The summed E-state index contributed by atoms with van der Waals surface area (Å²) >= 11 is 0. The number of hydrogen-bond acceptors (Lipinski definition) is 5. The van der Waals surface area contributed by atoms with Gasteiger partial charge < -0.3 is 15.2 Å². The van der Waals surface area contributed by atoms with Crippen LogP contribution in [0.4, 0.5) is 4.79 Å². The molecule has 2 heterocycles. The minimum absolute atomic E-state index is 0.184. The number of urea groups is 1. The predicted octanol–water partition coefficient (Wildman–Crippen LogP) is 2.74. The summed E-state index contributed by atoms with van der Waals surface area (Å²) in [6.45, 7) is 3.02. The highest BCUT2D eigenvalue weighted by Gasteiger charge is 2.07. The van der Waals surface area contributed by atoms with Crippen LogP contribution < -0.4 is 10.6 Å². The zero-order valence-corrected chi connectivity index (χ0v) is 14.6. The second-order valence-corrected chi connectivity index (χ2v) is 5.78. The quantitative estimate of drug-likeness (QED) is 0.683. The van der Waals surface area contributed by atoms with Crippen LogP contribution in [-0.4, -0.2) is 27.7 Å². The van der Waals surface area contributed by atoms with Crippen LogP contribution in [0, 0.1) is 0 Å². The molecule has 0 aliphatic carbocycles. The fourth-order valence-electron chi connectivity index (χ4n) is 2.39. The Bertz CT molecular complexity index is 831. The first kappa shape index (κ1) is 17.6. The zero-order valence-electron chi connectivity index (χ0n) is 14.6. The van der Waals surface area contributed by atoms with Gasteiger partial charge in [0.05, 0.1) is 0 Å². The number of carbonyl (C=O) groups excluding carboxylic acids is 1. The SMILES string of the molecule is CCc1noc(-c2ccc(CCNC(=O)NCc3ccncc3)cc2)n1. The Balaban J connectivity index is 1.42. The molecule has 3 aromatic rings. The molecule has 3 rings (SSSR count). The van der Waals surface area contributed by atoms with Gasteiger partial charge in [-0.15, -0.1) is 0 Å². The Morgan fingerprint density at radius 2 is 1.81 bits per heavy atom. The summed E-state index contributed by atoms with van der Waals surface area (Å²) in [4.78, 5) is 20.1. The highest BCUT2D eigenvalue weighted by molar-refractivity contribution is 5.73. The summed E-state index contributed by atoms with van der Waals surface area (Å²) in [6, 6.07) is 11.5. The molecule has 0 fully saturated rings. The van der Waals surface area contributed by atoms with E-state index in [1.54, 1.807) is 12.4 Å².